The second-order valence-corrected chi connectivity index (χ2v) is 7.60. The molecule has 0 unspecified atom stereocenters. The van der Waals surface area contributed by atoms with Crippen LogP contribution in [-0.4, -0.2) is 12.4 Å². The summed E-state index contributed by atoms with van der Waals surface area (Å²) >= 11 is 0. The van der Waals surface area contributed by atoms with Gasteiger partial charge in [-0.2, -0.15) is 0 Å². The predicted molar refractivity (Wildman–Crippen MR) is 137 cm³/mol. The van der Waals surface area contributed by atoms with Crippen LogP contribution in [0.15, 0.2) is 136 Å². The number of benzene rings is 4. The fourth-order valence-corrected chi connectivity index (χ4v) is 3.44. The normalized spacial score (nSPS) is 11.4. The van der Waals surface area contributed by atoms with Gasteiger partial charge in [0.1, 0.15) is 11.5 Å². The quantitative estimate of drug-likeness (QED) is 0.253. The van der Waals surface area contributed by atoms with Crippen molar-refractivity contribution in [1.29, 1.82) is 0 Å². The van der Waals surface area contributed by atoms with E-state index in [4.69, 9.17) is 4.42 Å². The zero-order valence-electron chi connectivity index (χ0n) is 18.0. The van der Waals surface area contributed by atoms with Crippen LogP contribution in [0.3, 0.4) is 0 Å². The minimum atomic E-state index is 0.839. The summed E-state index contributed by atoms with van der Waals surface area (Å²) in [6.45, 7) is 0. The summed E-state index contributed by atoms with van der Waals surface area (Å²) in [6.07, 6.45) is 3.74. The minimum absolute atomic E-state index is 0.839. The van der Waals surface area contributed by atoms with Gasteiger partial charge in [0.15, 0.2) is 0 Å². The summed E-state index contributed by atoms with van der Waals surface area (Å²) in [6, 6.07) is 40.3. The molecular weight excluding hydrogens is 404 g/mol. The average Bonchev–Trinajstić information content (AvgIpc) is 3.38. The Morgan fingerprint density at radius 1 is 0.424 bits per heavy atom. The molecule has 0 spiro atoms. The Hall–Kier alpha value is -4.50. The first-order chi connectivity index (χ1) is 16.3. The number of hydrogen-bond acceptors (Lipinski definition) is 3. The van der Waals surface area contributed by atoms with E-state index in [9.17, 15) is 0 Å². The Kier molecular flexibility index (Phi) is 6.03. The van der Waals surface area contributed by atoms with Gasteiger partial charge in [0.05, 0.1) is 11.4 Å². The molecule has 0 fully saturated rings. The van der Waals surface area contributed by atoms with Crippen molar-refractivity contribution in [2.24, 2.45) is 9.98 Å². The standard InChI is InChI=1S/C30H22N2O/c1-3-7-27(8-4-1)31-21-23-11-15-25(16-12-23)29-19-20-30(33-29)26-17-13-24(14-18-26)22-32-28-9-5-2-6-10-28/h1-22H. The molecule has 3 nitrogen and oxygen atoms in total. The van der Waals surface area contributed by atoms with E-state index in [1.54, 1.807) is 0 Å². The van der Waals surface area contributed by atoms with E-state index in [-0.39, 0.29) is 0 Å². The number of nitrogens with zero attached hydrogens (tertiary/aromatic N) is 2. The Bertz CT molecular complexity index is 1260. The molecule has 0 radical (unpaired) electrons. The SMILES string of the molecule is C(=Nc1ccccc1)c1ccc(-c2ccc(-c3ccc(C=Nc4ccccc4)cc3)o2)cc1. The molecule has 0 aliphatic rings. The molecule has 0 amide bonds. The van der Waals surface area contributed by atoms with Crippen LogP contribution in [0.25, 0.3) is 22.6 Å². The molecule has 1 heterocycles. The zero-order chi connectivity index (χ0) is 22.3. The highest BCUT2D eigenvalue weighted by molar-refractivity contribution is 5.84. The van der Waals surface area contributed by atoms with Crippen molar-refractivity contribution in [3.8, 4) is 22.6 Å². The molecule has 0 saturated carbocycles. The summed E-state index contributed by atoms with van der Waals surface area (Å²) in [5, 5.41) is 0. The van der Waals surface area contributed by atoms with Crippen molar-refractivity contribution >= 4 is 23.8 Å². The highest BCUT2D eigenvalue weighted by Gasteiger charge is 2.07. The van der Waals surface area contributed by atoms with E-state index in [0.29, 0.717) is 0 Å². The Morgan fingerprint density at radius 3 is 1.21 bits per heavy atom. The third-order valence-corrected chi connectivity index (χ3v) is 5.23. The van der Waals surface area contributed by atoms with Gasteiger partial charge in [-0.05, 0) is 47.5 Å². The fraction of sp³-hybridized carbons (Fsp3) is 0. The fourth-order valence-electron chi connectivity index (χ4n) is 3.44. The number of rotatable bonds is 6. The van der Waals surface area contributed by atoms with E-state index in [1.807, 2.05) is 109 Å². The van der Waals surface area contributed by atoms with Gasteiger partial charge >= 0.3 is 0 Å². The highest BCUT2D eigenvalue weighted by Crippen LogP contribution is 2.29. The lowest BCUT2D eigenvalue weighted by Crippen LogP contribution is -1.82. The molecule has 0 N–H and O–H groups in total. The molecule has 1 aromatic heterocycles. The molecule has 5 aromatic rings. The van der Waals surface area contributed by atoms with E-state index in [1.165, 1.54) is 0 Å². The van der Waals surface area contributed by atoms with Crippen molar-refractivity contribution in [3.05, 3.63) is 132 Å². The molecular formula is C30H22N2O. The van der Waals surface area contributed by atoms with E-state index < -0.39 is 0 Å². The van der Waals surface area contributed by atoms with Crippen molar-refractivity contribution in [1.82, 2.24) is 0 Å². The molecule has 158 valence electrons. The smallest absolute Gasteiger partial charge is 0.134 e. The molecule has 0 aliphatic carbocycles. The maximum atomic E-state index is 6.13. The van der Waals surface area contributed by atoms with Gasteiger partial charge in [-0.3, -0.25) is 9.98 Å². The van der Waals surface area contributed by atoms with Crippen LogP contribution in [-0.2, 0) is 0 Å². The monoisotopic (exact) mass is 426 g/mol. The molecule has 4 aromatic carbocycles. The largest absolute Gasteiger partial charge is 0.456 e. The van der Waals surface area contributed by atoms with Crippen LogP contribution in [0.1, 0.15) is 11.1 Å². The molecule has 5 rings (SSSR count). The van der Waals surface area contributed by atoms with Crippen LogP contribution in [0, 0.1) is 0 Å². The number of furan rings is 1. The van der Waals surface area contributed by atoms with Crippen molar-refractivity contribution in [2.75, 3.05) is 0 Å². The van der Waals surface area contributed by atoms with E-state index in [2.05, 4.69) is 34.3 Å². The molecule has 33 heavy (non-hydrogen) atoms. The summed E-state index contributed by atoms with van der Waals surface area (Å²) in [5.41, 5.74) is 6.03. The van der Waals surface area contributed by atoms with Crippen molar-refractivity contribution in [2.45, 2.75) is 0 Å². The lowest BCUT2D eigenvalue weighted by molar-refractivity contribution is 0.597. The highest BCUT2D eigenvalue weighted by atomic mass is 16.3. The number of aliphatic imine (C=N–C) groups is 2. The summed E-state index contributed by atoms with van der Waals surface area (Å²) in [4.78, 5) is 9.00. The Labute approximate surface area is 193 Å². The van der Waals surface area contributed by atoms with Gasteiger partial charge in [-0.1, -0.05) is 84.9 Å². The van der Waals surface area contributed by atoms with Gasteiger partial charge in [-0.25, -0.2) is 0 Å². The van der Waals surface area contributed by atoms with Crippen molar-refractivity contribution in [3.63, 3.8) is 0 Å². The van der Waals surface area contributed by atoms with Gasteiger partial charge in [0, 0.05) is 23.6 Å². The second kappa shape index (κ2) is 9.75. The molecule has 3 heteroatoms. The first kappa shape index (κ1) is 20.4. The molecule has 0 bridgehead atoms. The minimum Gasteiger partial charge on any atom is -0.456 e. The number of para-hydroxylation sites is 2. The third kappa shape index (κ3) is 5.23. The van der Waals surface area contributed by atoms with Crippen molar-refractivity contribution < 1.29 is 4.42 Å². The van der Waals surface area contributed by atoms with E-state index in [0.717, 1.165) is 45.1 Å². The van der Waals surface area contributed by atoms with Gasteiger partial charge < -0.3 is 4.42 Å². The topological polar surface area (TPSA) is 37.9 Å². The summed E-state index contributed by atoms with van der Waals surface area (Å²) < 4.78 is 6.13. The maximum Gasteiger partial charge on any atom is 0.134 e. The van der Waals surface area contributed by atoms with Crippen LogP contribution in [0.4, 0.5) is 11.4 Å². The second-order valence-electron chi connectivity index (χ2n) is 7.60. The van der Waals surface area contributed by atoms with Crippen LogP contribution in [0.5, 0.6) is 0 Å². The number of hydrogen-bond donors (Lipinski definition) is 0. The molecule has 0 atom stereocenters. The Balaban J connectivity index is 1.27. The van der Waals surface area contributed by atoms with Crippen LogP contribution < -0.4 is 0 Å². The maximum absolute atomic E-state index is 6.13. The van der Waals surface area contributed by atoms with Gasteiger partial charge in [0.2, 0.25) is 0 Å². The van der Waals surface area contributed by atoms with Crippen LogP contribution >= 0.6 is 0 Å². The first-order valence-corrected chi connectivity index (χ1v) is 10.8. The van der Waals surface area contributed by atoms with E-state index >= 15 is 0 Å². The lowest BCUT2D eigenvalue weighted by atomic mass is 10.1. The molecule has 0 saturated heterocycles. The van der Waals surface area contributed by atoms with Crippen LogP contribution in [0.2, 0.25) is 0 Å². The average molecular weight is 427 g/mol. The third-order valence-electron chi connectivity index (χ3n) is 5.23. The van der Waals surface area contributed by atoms with Gasteiger partial charge in [-0.15, -0.1) is 0 Å². The summed E-state index contributed by atoms with van der Waals surface area (Å²) in [5.74, 6) is 1.68. The van der Waals surface area contributed by atoms with Gasteiger partial charge in [0.25, 0.3) is 0 Å². The lowest BCUT2D eigenvalue weighted by Gasteiger charge is -2.01. The zero-order valence-corrected chi connectivity index (χ0v) is 18.0. The predicted octanol–water partition coefficient (Wildman–Crippen LogP) is 8.11. The summed E-state index contributed by atoms with van der Waals surface area (Å²) in [7, 11) is 0. The molecule has 0 aliphatic heterocycles. The first-order valence-electron chi connectivity index (χ1n) is 10.8. The Morgan fingerprint density at radius 2 is 0.818 bits per heavy atom.